The molecule has 15 heavy (non-hydrogen) atoms. The van der Waals surface area contributed by atoms with Gasteiger partial charge in [-0.1, -0.05) is 26.0 Å². The van der Waals surface area contributed by atoms with Crippen molar-refractivity contribution in [2.45, 2.75) is 20.3 Å². The quantitative estimate of drug-likeness (QED) is 0.759. The van der Waals surface area contributed by atoms with Crippen LogP contribution in [0.15, 0.2) is 41.1 Å². The van der Waals surface area contributed by atoms with Crippen LogP contribution in [0.2, 0.25) is 0 Å². The molecule has 0 saturated heterocycles. The van der Waals surface area contributed by atoms with E-state index in [0.29, 0.717) is 11.8 Å². The van der Waals surface area contributed by atoms with Crippen molar-refractivity contribution in [3.05, 3.63) is 42.3 Å². The van der Waals surface area contributed by atoms with Crippen LogP contribution < -0.4 is 0 Å². The van der Waals surface area contributed by atoms with Gasteiger partial charge in [0.05, 0.1) is 6.20 Å². The number of hydrogen-bond donors (Lipinski definition) is 0. The Labute approximate surface area is 90.0 Å². The van der Waals surface area contributed by atoms with Gasteiger partial charge in [-0.2, -0.15) is 0 Å². The Kier molecular flexibility index (Phi) is 2.86. The summed E-state index contributed by atoms with van der Waals surface area (Å²) in [5.41, 5.74) is 2.39. The van der Waals surface area contributed by atoms with Crippen molar-refractivity contribution in [3.63, 3.8) is 0 Å². The van der Waals surface area contributed by atoms with Gasteiger partial charge in [0.15, 0.2) is 0 Å². The van der Waals surface area contributed by atoms with Gasteiger partial charge in [0, 0.05) is 5.56 Å². The second-order valence-electron chi connectivity index (χ2n) is 4.14. The Morgan fingerprint density at radius 2 is 2.20 bits per heavy atom. The monoisotopic (exact) mass is 201 g/mol. The highest BCUT2D eigenvalue weighted by Gasteiger charge is 2.04. The van der Waals surface area contributed by atoms with Crippen molar-refractivity contribution in [1.82, 2.24) is 4.98 Å². The van der Waals surface area contributed by atoms with Crippen LogP contribution in [0.3, 0.4) is 0 Å². The number of aromatic nitrogens is 1. The van der Waals surface area contributed by atoms with Gasteiger partial charge in [-0.25, -0.2) is 4.98 Å². The number of hydrogen-bond acceptors (Lipinski definition) is 2. The smallest absolute Gasteiger partial charge is 0.225 e. The Hall–Kier alpha value is -1.57. The minimum Gasteiger partial charge on any atom is -0.445 e. The fourth-order valence-corrected chi connectivity index (χ4v) is 1.67. The van der Waals surface area contributed by atoms with Crippen molar-refractivity contribution >= 4 is 0 Å². The highest BCUT2D eigenvalue weighted by atomic mass is 16.3. The van der Waals surface area contributed by atoms with E-state index in [1.54, 1.807) is 12.5 Å². The Morgan fingerprint density at radius 1 is 1.33 bits per heavy atom. The molecule has 0 aliphatic carbocycles. The lowest BCUT2D eigenvalue weighted by Gasteiger charge is -2.05. The maximum atomic E-state index is 5.27. The summed E-state index contributed by atoms with van der Waals surface area (Å²) >= 11 is 0. The van der Waals surface area contributed by atoms with Crippen LogP contribution in [-0.4, -0.2) is 4.98 Å². The summed E-state index contributed by atoms with van der Waals surface area (Å²) < 4.78 is 5.27. The fourth-order valence-electron chi connectivity index (χ4n) is 1.67. The second kappa shape index (κ2) is 4.30. The molecule has 2 nitrogen and oxygen atoms in total. The summed E-state index contributed by atoms with van der Waals surface area (Å²) in [6.07, 6.45) is 4.36. The van der Waals surface area contributed by atoms with Gasteiger partial charge in [-0.05, 0) is 30.0 Å². The lowest BCUT2D eigenvalue weighted by Crippen LogP contribution is -1.93. The standard InChI is InChI=1S/C13H15NO/c1-10(2)8-11-4-3-5-12(9-11)13-14-6-7-15-13/h3-7,9-10H,8H2,1-2H3. The highest BCUT2D eigenvalue weighted by Crippen LogP contribution is 2.19. The Balaban J connectivity index is 2.27. The van der Waals surface area contributed by atoms with Gasteiger partial charge in [0.2, 0.25) is 5.89 Å². The average molecular weight is 201 g/mol. The average Bonchev–Trinajstić information content (AvgIpc) is 2.69. The molecule has 1 heterocycles. The van der Waals surface area contributed by atoms with E-state index in [9.17, 15) is 0 Å². The Morgan fingerprint density at radius 3 is 2.87 bits per heavy atom. The first kappa shape index (κ1) is 9.97. The van der Waals surface area contributed by atoms with E-state index in [0.717, 1.165) is 12.0 Å². The molecule has 0 aliphatic rings. The summed E-state index contributed by atoms with van der Waals surface area (Å²) in [7, 11) is 0. The third-order valence-corrected chi connectivity index (χ3v) is 2.25. The van der Waals surface area contributed by atoms with Crippen LogP contribution >= 0.6 is 0 Å². The predicted molar refractivity (Wildman–Crippen MR) is 60.5 cm³/mol. The maximum Gasteiger partial charge on any atom is 0.225 e. The largest absolute Gasteiger partial charge is 0.445 e. The van der Waals surface area contributed by atoms with Crippen molar-refractivity contribution < 1.29 is 4.42 Å². The molecular formula is C13H15NO. The van der Waals surface area contributed by atoms with Gasteiger partial charge in [0.1, 0.15) is 6.26 Å². The van der Waals surface area contributed by atoms with E-state index in [1.165, 1.54) is 5.56 Å². The van der Waals surface area contributed by atoms with E-state index < -0.39 is 0 Å². The van der Waals surface area contributed by atoms with Gasteiger partial charge < -0.3 is 4.42 Å². The lowest BCUT2D eigenvalue weighted by molar-refractivity contribution is 0.574. The maximum absolute atomic E-state index is 5.27. The molecule has 0 amide bonds. The third-order valence-electron chi connectivity index (χ3n) is 2.25. The molecule has 2 rings (SSSR count). The first-order valence-electron chi connectivity index (χ1n) is 5.24. The van der Waals surface area contributed by atoms with Crippen LogP contribution in [0.5, 0.6) is 0 Å². The zero-order valence-corrected chi connectivity index (χ0v) is 9.10. The van der Waals surface area contributed by atoms with Crippen LogP contribution in [0, 0.1) is 5.92 Å². The minimum absolute atomic E-state index is 0.671. The molecule has 0 atom stereocenters. The molecule has 1 aromatic carbocycles. The third kappa shape index (κ3) is 2.46. The molecule has 0 aliphatic heterocycles. The number of nitrogens with zero attached hydrogens (tertiary/aromatic N) is 1. The van der Waals surface area contributed by atoms with Gasteiger partial charge in [0.25, 0.3) is 0 Å². The topological polar surface area (TPSA) is 26.0 Å². The second-order valence-corrected chi connectivity index (χ2v) is 4.14. The molecule has 2 aromatic rings. The zero-order chi connectivity index (χ0) is 10.7. The molecule has 0 radical (unpaired) electrons. The first-order valence-corrected chi connectivity index (χ1v) is 5.24. The number of oxazole rings is 1. The summed E-state index contributed by atoms with van der Waals surface area (Å²) in [4.78, 5) is 4.14. The van der Waals surface area contributed by atoms with E-state index in [1.807, 2.05) is 6.07 Å². The first-order chi connectivity index (χ1) is 7.25. The van der Waals surface area contributed by atoms with E-state index >= 15 is 0 Å². The summed E-state index contributed by atoms with van der Waals surface area (Å²) in [5.74, 6) is 1.37. The van der Waals surface area contributed by atoms with Gasteiger partial charge in [-0.15, -0.1) is 0 Å². The zero-order valence-electron chi connectivity index (χ0n) is 9.10. The summed E-state index contributed by atoms with van der Waals surface area (Å²) in [6, 6.07) is 8.37. The number of benzene rings is 1. The van der Waals surface area contributed by atoms with Crippen LogP contribution in [0.4, 0.5) is 0 Å². The number of rotatable bonds is 3. The predicted octanol–water partition coefficient (Wildman–Crippen LogP) is 3.54. The molecule has 0 bridgehead atoms. The fraction of sp³-hybridized carbons (Fsp3) is 0.308. The summed E-state index contributed by atoms with van der Waals surface area (Å²) in [6.45, 7) is 4.44. The lowest BCUT2D eigenvalue weighted by atomic mass is 10.0. The van der Waals surface area contributed by atoms with Crippen molar-refractivity contribution in [2.24, 2.45) is 5.92 Å². The van der Waals surface area contributed by atoms with E-state index in [4.69, 9.17) is 4.42 Å². The molecular weight excluding hydrogens is 186 g/mol. The molecule has 1 aromatic heterocycles. The molecule has 0 unspecified atom stereocenters. The molecule has 78 valence electrons. The molecule has 2 heteroatoms. The molecule has 0 saturated carbocycles. The SMILES string of the molecule is CC(C)Cc1cccc(-c2ncco2)c1. The van der Waals surface area contributed by atoms with Crippen molar-refractivity contribution in [3.8, 4) is 11.5 Å². The van der Waals surface area contributed by atoms with Gasteiger partial charge >= 0.3 is 0 Å². The van der Waals surface area contributed by atoms with Crippen LogP contribution in [0.25, 0.3) is 11.5 Å². The van der Waals surface area contributed by atoms with Crippen LogP contribution in [-0.2, 0) is 6.42 Å². The van der Waals surface area contributed by atoms with Crippen molar-refractivity contribution in [1.29, 1.82) is 0 Å². The molecule has 0 N–H and O–H groups in total. The van der Waals surface area contributed by atoms with E-state index in [2.05, 4.69) is 37.0 Å². The van der Waals surface area contributed by atoms with E-state index in [-0.39, 0.29) is 0 Å². The minimum atomic E-state index is 0.671. The Bertz CT molecular complexity index is 418. The molecule has 0 spiro atoms. The normalized spacial score (nSPS) is 10.9. The van der Waals surface area contributed by atoms with Crippen LogP contribution in [0.1, 0.15) is 19.4 Å². The summed E-state index contributed by atoms with van der Waals surface area (Å²) in [5, 5.41) is 0. The van der Waals surface area contributed by atoms with Crippen molar-refractivity contribution in [2.75, 3.05) is 0 Å². The highest BCUT2D eigenvalue weighted by molar-refractivity contribution is 5.54. The molecule has 0 fully saturated rings. The van der Waals surface area contributed by atoms with Gasteiger partial charge in [-0.3, -0.25) is 0 Å².